The topological polar surface area (TPSA) is 66.4 Å². The second kappa shape index (κ2) is 5.47. The molecule has 0 aliphatic heterocycles. The minimum absolute atomic E-state index is 0.0961. The van der Waals surface area contributed by atoms with E-state index in [1.54, 1.807) is 0 Å². The molecular weight excluding hydrogens is 274 g/mol. The number of benzene rings is 1. The molecule has 1 fully saturated rings. The van der Waals surface area contributed by atoms with Crippen molar-refractivity contribution in [2.45, 2.75) is 51.5 Å². The molecule has 1 atom stereocenters. The Kier molecular flexibility index (Phi) is 4.23. The van der Waals surface area contributed by atoms with E-state index >= 15 is 0 Å². The molecule has 0 aromatic heterocycles. The number of sulfonamides is 1. The van der Waals surface area contributed by atoms with Crippen LogP contribution in [-0.2, 0) is 10.0 Å². The number of aryl methyl sites for hydroxylation is 2. The van der Waals surface area contributed by atoms with Crippen LogP contribution in [0.2, 0.25) is 0 Å². The van der Waals surface area contributed by atoms with Crippen LogP contribution in [0.1, 0.15) is 35.1 Å². The Balaban J connectivity index is 2.29. The van der Waals surface area contributed by atoms with Gasteiger partial charge in [0.1, 0.15) is 0 Å². The van der Waals surface area contributed by atoms with Crippen molar-refractivity contribution in [3.05, 3.63) is 28.3 Å². The summed E-state index contributed by atoms with van der Waals surface area (Å²) in [5.74, 6) is 0.263. The van der Waals surface area contributed by atoms with Gasteiger partial charge in [-0.1, -0.05) is 6.07 Å². The van der Waals surface area contributed by atoms with E-state index in [9.17, 15) is 13.5 Å². The van der Waals surface area contributed by atoms with Gasteiger partial charge in [-0.2, -0.15) is 0 Å². The summed E-state index contributed by atoms with van der Waals surface area (Å²) in [5, 5.41) is 9.82. The number of nitrogens with one attached hydrogen (secondary N) is 1. The van der Waals surface area contributed by atoms with Gasteiger partial charge >= 0.3 is 0 Å². The van der Waals surface area contributed by atoms with E-state index < -0.39 is 16.1 Å². The number of hydrogen-bond acceptors (Lipinski definition) is 3. The van der Waals surface area contributed by atoms with Crippen molar-refractivity contribution in [3.8, 4) is 0 Å². The maximum atomic E-state index is 12.5. The Morgan fingerprint density at radius 2 is 1.70 bits per heavy atom. The predicted molar refractivity (Wildman–Crippen MR) is 79.3 cm³/mol. The molecule has 1 aromatic rings. The van der Waals surface area contributed by atoms with Crippen molar-refractivity contribution in [3.63, 3.8) is 0 Å². The molecule has 2 rings (SSSR count). The zero-order valence-electron chi connectivity index (χ0n) is 12.5. The van der Waals surface area contributed by atoms with Gasteiger partial charge in [-0.25, -0.2) is 13.1 Å². The van der Waals surface area contributed by atoms with Crippen molar-refractivity contribution in [1.29, 1.82) is 0 Å². The maximum Gasteiger partial charge on any atom is 0.241 e. The van der Waals surface area contributed by atoms with E-state index in [0.29, 0.717) is 4.90 Å². The Morgan fingerprint density at radius 1 is 1.20 bits per heavy atom. The van der Waals surface area contributed by atoms with Gasteiger partial charge < -0.3 is 5.11 Å². The van der Waals surface area contributed by atoms with Crippen LogP contribution in [0.5, 0.6) is 0 Å². The zero-order chi connectivity index (χ0) is 15.1. The highest BCUT2D eigenvalue weighted by molar-refractivity contribution is 7.89. The number of rotatable bonds is 5. The van der Waals surface area contributed by atoms with E-state index in [1.165, 1.54) is 0 Å². The van der Waals surface area contributed by atoms with Crippen LogP contribution >= 0.6 is 0 Å². The highest BCUT2D eigenvalue weighted by Crippen LogP contribution is 2.32. The monoisotopic (exact) mass is 297 g/mol. The normalized spacial score (nSPS) is 17.2. The standard InChI is InChI=1S/C15H23NO3S/c1-9-7-10(2)12(4)15(11(9)3)20(18,19)16-8-14(17)13-5-6-13/h7,13-14,16-17H,5-6,8H2,1-4H3/t14-/m0/s1. The molecule has 5 heteroatoms. The maximum absolute atomic E-state index is 12.5. The van der Waals surface area contributed by atoms with Crippen LogP contribution in [0.3, 0.4) is 0 Å². The second-order valence-electron chi connectivity index (χ2n) is 5.85. The second-order valence-corrected chi connectivity index (χ2v) is 7.55. The van der Waals surface area contributed by atoms with Gasteiger partial charge in [0.15, 0.2) is 0 Å². The average molecular weight is 297 g/mol. The quantitative estimate of drug-likeness (QED) is 0.873. The molecule has 0 radical (unpaired) electrons. The molecule has 1 aromatic carbocycles. The molecular formula is C15H23NO3S. The lowest BCUT2D eigenvalue weighted by Gasteiger charge is -2.17. The zero-order valence-corrected chi connectivity index (χ0v) is 13.3. The molecule has 0 bridgehead atoms. The van der Waals surface area contributed by atoms with Crippen molar-refractivity contribution in [2.24, 2.45) is 5.92 Å². The summed E-state index contributed by atoms with van der Waals surface area (Å²) in [4.78, 5) is 0.359. The minimum Gasteiger partial charge on any atom is -0.391 e. The van der Waals surface area contributed by atoms with E-state index in [4.69, 9.17) is 0 Å². The summed E-state index contributed by atoms with van der Waals surface area (Å²) in [6.07, 6.45) is 1.41. The third-order valence-electron chi connectivity index (χ3n) is 4.21. The SMILES string of the molecule is Cc1cc(C)c(C)c(S(=O)(=O)NC[C@H](O)C2CC2)c1C. The Hall–Kier alpha value is -0.910. The molecule has 112 valence electrons. The first-order chi connectivity index (χ1) is 9.24. The smallest absolute Gasteiger partial charge is 0.241 e. The molecule has 0 saturated heterocycles. The molecule has 0 unspecified atom stereocenters. The van der Waals surface area contributed by atoms with Crippen LogP contribution in [0, 0.1) is 33.6 Å². The van der Waals surface area contributed by atoms with Gasteiger partial charge in [0.2, 0.25) is 10.0 Å². The molecule has 1 aliphatic rings. The minimum atomic E-state index is -3.58. The van der Waals surface area contributed by atoms with Crippen LogP contribution < -0.4 is 4.72 Å². The van der Waals surface area contributed by atoms with Crippen LogP contribution in [0.25, 0.3) is 0 Å². The summed E-state index contributed by atoms with van der Waals surface area (Å²) in [6, 6.07) is 2.00. The molecule has 4 nitrogen and oxygen atoms in total. The van der Waals surface area contributed by atoms with E-state index in [-0.39, 0.29) is 12.5 Å². The van der Waals surface area contributed by atoms with Gasteiger partial charge in [0.25, 0.3) is 0 Å². The van der Waals surface area contributed by atoms with Crippen molar-refractivity contribution in [2.75, 3.05) is 6.54 Å². The van der Waals surface area contributed by atoms with Gasteiger partial charge in [-0.15, -0.1) is 0 Å². The third kappa shape index (κ3) is 3.05. The predicted octanol–water partition coefficient (Wildman–Crippen LogP) is 1.97. The lowest BCUT2D eigenvalue weighted by molar-refractivity contribution is 0.155. The van der Waals surface area contributed by atoms with Crippen LogP contribution in [0.4, 0.5) is 0 Å². The van der Waals surface area contributed by atoms with Gasteiger partial charge in [0.05, 0.1) is 11.0 Å². The highest BCUT2D eigenvalue weighted by Gasteiger charge is 2.31. The Bertz CT molecular complexity index is 592. The van der Waals surface area contributed by atoms with Gasteiger partial charge in [0, 0.05) is 6.54 Å². The highest BCUT2D eigenvalue weighted by atomic mass is 32.2. The first-order valence-electron chi connectivity index (χ1n) is 6.99. The van der Waals surface area contributed by atoms with Crippen molar-refractivity contribution >= 4 is 10.0 Å². The number of hydrogen-bond donors (Lipinski definition) is 2. The Morgan fingerprint density at radius 3 is 2.15 bits per heavy atom. The van der Waals surface area contributed by atoms with E-state index in [0.717, 1.165) is 35.1 Å². The number of aliphatic hydroxyl groups excluding tert-OH is 1. The Labute approximate surface area is 121 Å². The molecule has 0 spiro atoms. The summed E-state index contributed by atoms with van der Waals surface area (Å²) in [5.41, 5.74) is 3.50. The van der Waals surface area contributed by atoms with E-state index in [2.05, 4.69) is 4.72 Å². The van der Waals surface area contributed by atoms with E-state index in [1.807, 2.05) is 33.8 Å². The molecule has 2 N–H and O–H groups in total. The summed E-state index contributed by atoms with van der Waals surface area (Å²) in [6.45, 7) is 7.58. The first-order valence-corrected chi connectivity index (χ1v) is 8.47. The van der Waals surface area contributed by atoms with Crippen LogP contribution in [0.15, 0.2) is 11.0 Å². The first kappa shape index (κ1) is 15.5. The fraction of sp³-hybridized carbons (Fsp3) is 0.600. The molecule has 1 aliphatic carbocycles. The van der Waals surface area contributed by atoms with Crippen LogP contribution in [-0.4, -0.2) is 26.2 Å². The molecule has 1 saturated carbocycles. The fourth-order valence-corrected chi connectivity index (χ4v) is 4.16. The van der Waals surface area contributed by atoms with Gasteiger partial charge in [-0.3, -0.25) is 0 Å². The van der Waals surface area contributed by atoms with Gasteiger partial charge in [-0.05, 0) is 68.7 Å². The lowest BCUT2D eigenvalue weighted by Crippen LogP contribution is -2.34. The fourth-order valence-electron chi connectivity index (χ4n) is 2.50. The van der Waals surface area contributed by atoms with Crippen molar-refractivity contribution in [1.82, 2.24) is 4.72 Å². The summed E-state index contributed by atoms with van der Waals surface area (Å²) >= 11 is 0. The summed E-state index contributed by atoms with van der Waals surface area (Å²) < 4.78 is 27.6. The summed E-state index contributed by atoms with van der Waals surface area (Å²) in [7, 11) is -3.58. The number of aliphatic hydroxyl groups is 1. The van der Waals surface area contributed by atoms with Crippen molar-refractivity contribution < 1.29 is 13.5 Å². The molecule has 20 heavy (non-hydrogen) atoms. The molecule has 0 amide bonds. The average Bonchev–Trinajstić information content (AvgIpc) is 3.18. The lowest BCUT2D eigenvalue weighted by atomic mass is 10.0. The largest absolute Gasteiger partial charge is 0.391 e. The molecule has 0 heterocycles. The third-order valence-corrected chi connectivity index (χ3v) is 5.91.